The second kappa shape index (κ2) is 8.06. The third-order valence-electron chi connectivity index (χ3n) is 5.37. The van der Waals surface area contributed by atoms with Gasteiger partial charge in [-0.3, -0.25) is 24.1 Å². The summed E-state index contributed by atoms with van der Waals surface area (Å²) in [6.45, 7) is 0.417. The van der Waals surface area contributed by atoms with Crippen LogP contribution in [0.2, 0.25) is 0 Å². The number of rotatable bonds is 6. The molecule has 0 aromatic heterocycles. The van der Waals surface area contributed by atoms with Crippen molar-refractivity contribution in [2.45, 2.75) is 19.3 Å². The molecule has 8 nitrogen and oxygen atoms in total. The Morgan fingerprint density at radius 3 is 2.34 bits per heavy atom. The molecule has 2 heterocycles. The van der Waals surface area contributed by atoms with Gasteiger partial charge in [-0.05, 0) is 31.0 Å². The van der Waals surface area contributed by atoms with Gasteiger partial charge in [0.1, 0.15) is 13.2 Å². The van der Waals surface area contributed by atoms with Crippen molar-refractivity contribution in [2.24, 2.45) is 11.8 Å². The molecule has 0 spiro atoms. The van der Waals surface area contributed by atoms with Gasteiger partial charge in [-0.25, -0.2) is 0 Å². The van der Waals surface area contributed by atoms with Gasteiger partial charge in [-0.15, -0.1) is 0 Å². The van der Waals surface area contributed by atoms with Gasteiger partial charge in [0.2, 0.25) is 11.8 Å². The first-order valence-corrected chi connectivity index (χ1v) is 9.63. The van der Waals surface area contributed by atoms with Crippen LogP contribution in [0.1, 0.15) is 29.6 Å². The monoisotopic (exact) mass is 399 g/mol. The lowest BCUT2D eigenvalue weighted by molar-refractivity contribution is -0.145. The highest BCUT2D eigenvalue weighted by atomic mass is 16.6. The van der Waals surface area contributed by atoms with E-state index >= 15 is 0 Å². The number of imide groups is 1. The summed E-state index contributed by atoms with van der Waals surface area (Å²) in [5.41, 5.74) is 0.350. The summed E-state index contributed by atoms with van der Waals surface area (Å²) in [4.78, 5) is 50.2. The molecule has 152 valence electrons. The van der Waals surface area contributed by atoms with Crippen molar-refractivity contribution < 1.29 is 33.4 Å². The number of amides is 2. The van der Waals surface area contributed by atoms with Gasteiger partial charge >= 0.3 is 5.97 Å². The molecule has 0 saturated carbocycles. The van der Waals surface area contributed by atoms with Gasteiger partial charge in [-0.1, -0.05) is 12.2 Å². The number of ketones is 1. The Balaban J connectivity index is 1.27. The summed E-state index contributed by atoms with van der Waals surface area (Å²) in [7, 11) is 0. The number of benzene rings is 1. The lowest BCUT2D eigenvalue weighted by Crippen LogP contribution is -2.33. The predicted octanol–water partition coefficient (Wildman–Crippen LogP) is 1.52. The summed E-state index contributed by atoms with van der Waals surface area (Å²) in [5.74, 6) is -1.06. The van der Waals surface area contributed by atoms with E-state index < -0.39 is 12.6 Å². The number of hydrogen-bond donors (Lipinski definition) is 0. The fraction of sp³-hybridized carbons (Fsp3) is 0.429. The Morgan fingerprint density at radius 1 is 1.00 bits per heavy atom. The Hall–Kier alpha value is -3.16. The third-order valence-corrected chi connectivity index (χ3v) is 5.37. The predicted molar refractivity (Wildman–Crippen MR) is 99.4 cm³/mol. The summed E-state index contributed by atoms with van der Waals surface area (Å²) >= 11 is 0. The SMILES string of the molecule is O=C(CCN1C(=O)[C@H]2CC=CC[C@H]2C1=O)OCC(=O)c1ccc2c(c1)OCCO2. The summed E-state index contributed by atoms with van der Waals surface area (Å²) in [6, 6.07) is 4.78. The largest absolute Gasteiger partial charge is 0.486 e. The van der Waals surface area contributed by atoms with Crippen molar-refractivity contribution in [3.63, 3.8) is 0 Å². The van der Waals surface area contributed by atoms with Gasteiger partial charge in [0.15, 0.2) is 23.9 Å². The zero-order chi connectivity index (χ0) is 20.4. The second-order valence-corrected chi connectivity index (χ2v) is 7.18. The zero-order valence-electron chi connectivity index (χ0n) is 15.8. The number of Topliss-reactive ketones (excluding diaryl/α,β-unsaturated/α-hetero) is 1. The molecule has 0 unspecified atom stereocenters. The minimum Gasteiger partial charge on any atom is -0.486 e. The lowest BCUT2D eigenvalue weighted by Gasteiger charge is -2.18. The van der Waals surface area contributed by atoms with Crippen LogP contribution >= 0.6 is 0 Å². The van der Waals surface area contributed by atoms with E-state index in [1.54, 1.807) is 18.2 Å². The molecule has 1 aromatic rings. The van der Waals surface area contributed by atoms with Gasteiger partial charge in [0.25, 0.3) is 0 Å². The number of likely N-dealkylation sites (tertiary alicyclic amines) is 1. The minimum atomic E-state index is -0.635. The van der Waals surface area contributed by atoms with Gasteiger partial charge in [0.05, 0.1) is 18.3 Å². The number of esters is 1. The smallest absolute Gasteiger partial charge is 0.308 e. The molecule has 1 saturated heterocycles. The molecular formula is C21H21NO7. The van der Waals surface area contributed by atoms with Crippen molar-refractivity contribution in [2.75, 3.05) is 26.4 Å². The van der Waals surface area contributed by atoms with E-state index in [4.69, 9.17) is 14.2 Å². The summed E-state index contributed by atoms with van der Waals surface area (Å²) in [6.07, 6.45) is 4.79. The van der Waals surface area contributed by atoms with Crippen LogP contribution in [0.25, 0.3) is 0 Å². The van der Waals surface area contributed by atoms with Gasteiger partial charge in [0, 0.05) is 12.1 Å². The highest BCUT2D eigenvalue weighted by molar-refractivity contribution is 6.05. The molecule has 8 heteroatoms. The molecule has 1 aliphatic carbocycles. The maximum absolute atomic E-state index is 12.4. The van der Waals surface area contributed by atoms with E-state index in [1.165, 1.54) is 0 Å². The standard InChI is InChI=1S/C21H21NO7/c23-16(13-5-6-17-18(11-13)28-10-9-27-17)12-29-19(24)7-8-22-20(25)14-3-1-2-4-15(14)21(22)26/h1-2,5-6,11,14-15H,3-4,7-10,12H2/t14-,15+. The first kappa shape index (κ1) is 19.2. The number of ether oxygens (including phenoxy) is 3. The van der Waals surface area contributed by atoms with Gasteiger partial charge < -0.3 is 14.2 Å². The van der Waals surface area contributed by atoms with Crippen LogP contribution in [0.4, 0.5) is 0 Å². The zero-order valence-corrected chi connectivity index (χ0v) is 15.8. The van der Waals surface area contributed by atoms with E-state index in [-0.39, 0.29) is 42.4 Å². The van der Waals surface area contributed by atoms with Crippen LogP contribution < -0.4 is 9.47 Å². The van der Waals surface area contributed by atoms with Crippen molar-refractivity contribution in [1.29, 1.82) is 0 Å². The maximum Gasteiger partial charge on any atom is 0.308 e. The lowest BCUT2D eigenvalue weighted by atomic mass is 9.85. The molecule has 0 radical (unpaired) electrons. The number of carbonyl (C=O) groups is 4. The van der Waals surface area contributed by atoms with Crippen molar-refractivity contribution in [3.05, 3.63) is 35.9 Å². The van der Waals surface area contributed by atoms with Gasteiger partial charge in [-0.2, -0.15) is 0 Å². The number of hydrogen-bond acceptors (Lipinski definition) is 7. The van der Waals surface area contributed by atoms with E-state index in [2.05, 4.69) is 0 Å². The summed E-state index contributed by atoms with van der Waals surface area (Å²) in [5, 5.41) is 0. The highest BCUT2D eigenvalue weighted by Crippen LogP contribution is 2.35. The second-order valence-electron chi connectivity index (χ2n) is 7.18. The Morgan fingerprint density at radius 2 is 1.66 bits per heavy atom. The van der Waals surface area contributed by atoms with Crippen LogP contribution in [0, 0.1) is 11.8 Å². The van der Waals surface area contributed by atoms with Crippen LogP contribution in [0.5, 0.6) is 11.5 Å². The number of carbonyl (C=O) groups excluding carboxylic acids is 4. The number of allylic oxidation sites excluding steroid dienone is 2. The Bertz CT molecular complexity index is 865. The fourth-order valence-electron chi connectivity index (χ4n) is 3.81. The van der Waals surface area contributed by atoms with E-state index in [0.717, 1.165) is 4.90 Å². The number of nitrogens with zero attached hydrogens (tertiary/aromatic N) is 1. The van der Waals surface area contributed by atoms with E-state index in [9.17, 15) is 19.2 Å². The molecule has 29 heavy (non-hydrogen) atoms. The molecule has 4 rings (SSSR count). The van der Waals surface area contributed by atoms with E-state index in [1.807, 2.05) is 12.2 Å². The molecule has 2 atom stereocenters. The molecule has 1 fully saturated rings. The van der Waals surface area contributed by atoms with Crippen molar-refractivity contribution in [1.82, 2.24) is 4.90 Å². The minimum absolute atomic E-state index is 0.0261. The maximum atomic E-state index is 12.4. The summed E-state index contributed by atoms with van der Waals surface area (Å²) < 4.78 is 15.9. The Labute approximate surface area is 167 Å². The molecule has 0 bridgehead atoms. The quantitative estimate of drug-likeness (QED) is 0.310. The van der Waals surface area contributed by atoms with Crippen LogP contribution in [-0.2, 0) is 19.1 Å². The molecule has 3 aliphatic rings. The highest BCUT2D eigenvalue weighted by Gasteiger charge is 2.46. The average Bonchev–Trinajstić information content (AvgIpc) is 3.00. The van der Waals surface area contributed by atoms with E-state index in [0.29, 0.717) is 43.1 Å². The fourth-order valence-corrected chi connectivity index (χ4v) is 3.81. The molecule has 1 aromatic carbocycles. The van der Waals surface area contributed by atoms with Crippen molar-refractivity contribution >= 4 is 23.6 Å². The molecule has 0 N–H and O–H groups in total. The van der Waals surface area contributed by atoms with Crippen LogP contribution in [0.15, 0.2) is 30.4 Å². The topological polar surface area (TPSA) is 99.2 Å². The normalized spacial score (nSPS) is 22.4. The molecular weight excluding hydrogens is 378 g/mol. The first-order chi connectivity index (χ1) is 14.0. The van der Waals surface area contributed by atoms with Crippen molar-refractivity contribution in [3.8, 4) is 11.5 Å². The average molecular weight is 399 g/mol. The molecule has 2 aliphatic heterocycles. The van der Waals surface area contributed by atoms with Crippen LogP contribution in [-0.4, -0.2) is 54.8 Å². The molecule has 2 amide bonds. The first-order valence-electron chi connectivity index (χ1n) is 9.63. The van der Waals surface area contributed by atoms with Crippen LogP contribution in [0.3, 0.4) is 0 Å². The third kappa shape index (κ3) is 3.87. The number of fused-ring (bicyclic) bond motifs is 2. The Kier molecular flexibility index (Phi) is 5.33.